The number of carbonyl (C=O) groups is 1. The number of aromatic hydroxyl groups is 1. The van der Waals surface area contributed by atoms with Gasteiger partial charge in [0.2, 0.25) is 0 Å². The zero-order chi connectivity index (χ0) is 13.8. The quantitative estimate of drug-likeness (QED) is 0.665. The lowest BCUT2D eigenvalue weighted by Gasteiger charge is -2.06. The number of phenolic OH excluding ortho intramolecular Hbond substituents is 1. The first-order valence-corrected chi connectivity index (χ1v) is 6.82. The summed E-state index contributed by atoms with van der Waals surface area (Å²) in [7, 11) is 1.59. The van der Waals surface area contributed by atoms with Gasteiger partial charge >= 0.3 is 0 Å². The number of ether oxygens (including phenoxy) is 1. The topological polar surface area (TPSA) is 46.5 Å². The van der Waals surface area contributed by atoms with Gasteiger partial charge in [0.1, 0.15) is 11.5 Å². The monoisotopic (exact) mass is 368 g/mol. The van der Waals surface area contributed by atoms with Gasteiger partial charge in [-0.1, -0.05) is 18.2 Å². The van der Waals surface area contributed by atoms with Crippen LogP contribution in [0.3, 0.4) is 0 Å². The highest BCUT2D eigenvalue weighted by Gasteiger charge is 2.10. The van der Waals surface area contributed by atoms with E-state index in [1.165, 1.54) is 0 Å². The fourth-order valence-electron chi connectivity index (χ4n) is 1.73. The molecule has 0 amide bonds. The Morgan fingerprint density at radius 2 is 1.89 bits per heavy atom. The maximum Gasteiger partial charge on any atom is 0.167 e. The molecule has 0 unspecified atom stereocenters. The molecule has 0 atom stereocenters. The molecule has 0 aliphatic heterocycles. The van der Waals surface area contributed by atoms with Gasteiger partial charge in [0.05, 0.1) is 10.7 Å². The normalized spacial score (nSPS) is 10.2. The number of rotatable bonds is 4. The van der Waals surface area contributed by atoms with E-state index in [2.05, 4.69) is 22.6 Å². The molecule has 0 saturated carbocycles. The number of phenols is 1. The fourth-order valence-corrected chi connectivity index (χ4v) is 2.29. The highest BCUT2D eigenvalue weighted by Crippen LogP contribution is 2.23. The molecule has 0 spiro atoms. The van der Waals surface area contributed by atoms with Gasteiger partial charge in [0.25, 0.3) is 0 Å². The summed E-state index contributed by atoms with van der Waals surface area (Å²) < 4.78 is 6.18. The average Bonchev–Trinajstić information content (AvgIpc) is 2.42. The van der Waals surface area contributed by atoms with Gasteiger partial charge in [-0.2, -0.15) is 0 Å². The van der Waals surface area contributed by atoms with Crippen molar-refractivity contribution in [3.63, 3.8) is 0 Å². The molecule has 0 radical (unpaired) electrons. The first-order valence-electron chi connectivity index (χ1n) is 5.75. The molecule has 0 aromatic heterocycles. The molecule has 2 aromatic carbocycles. The Bertz CT molecular complexity index is 591. The van der Waals surface area contributed by atoms with Crippen LogP contribution < -0.4 is 4.74 Å². The van der Waals surface area contributed by atoms with Crippen LogP contribution in [0.1, 0.15) is 15.9 Å². The second-order valence-corrected chi connectivity index (χ2v) is 5.28. The number of ketones is 1. The summed E-state index contributed by atoms with van der Waals surface area (Å²) in [5.41, 5.74) is 1.51. The number of carbonyl (C=O) groups excluding carboxylic acids is 1. The average molecular weight is 368 g/mol. The number of halogens is 1. The lowest BCUT2D eigenvalue weighted by Crippen LogP contribution is -2.04. The summed E-state index contributed by atoms with van der Waals surface area (Å²) >= 11 is 2.16. The number of hydrogen-bond acceptors (Lipinski definition) is 3. The number of methoxy groups -OCH3 is 1. The second-order valence-electron chi connectivity index (χ2n) is 4.12. The summed E-state index contributed by atoms with van der Waals surface area (Å²) in [4.78, 5) is 12.2. The van der Waals surface area contributed by atoms with E-state index in [9.17, 15) is 9.90 Å². The standard InChI is InChI=1S/C15H13IO3/c1-19-15-9-11(4-7-13(15)16)14(18)8-10-2-5-12(17)6-3-10/h2-7,9,17H,8H2,1H3. The predicted octanol–water partition coefficient (Wildman–Crippen LogP) is 3.43. The summed E-state index contributed by atoms with van der Waals surface area (Å²) in [5.74, 6) is 0.935. The molecule has 0 bridgehead atoms. The van der Waals surface area contributed by atoms with E-state index in [-0.39, 0.29) is 11.5 Å². The van der Waals surface area contributed by atoms with Crippen LogP contribution in [-0.4, -0.2) is 18.0 Å². The van der Waals surface area contributed by atoms with Crippen molar-refractivity contribution in [3.05, 3.63) is 57.2 Å². The third-order valence-corrected chi connectivity index (χ3v) is 3.67. The molecule has 3 nitrogen and oxygen atoms in total. The molecule has 4 heteroatoms. The van der Waals surface area contributed by atoms with Crippen LogP contribution in [0, 0.1) is 3.57 Å². The van der Waals surface area contributed by atoms with Crippen molar-refractivity contribution < 1.29 is 14.6 Å². The lowest BCUT2D eigenvalue weighted by atomic mass is 10.0. The summed E-state index contributed by atoms with van der Waals surface area (Å²) in [5, 5.41) is 9.20. The van der Waals surface area contributed by atoms with Crippen molar-refractivity contribution in [1.29, 1.82) is 0 Å². The molecule has 0 fully saturated rings. The third-order valence-electron chi connectivity index (χ3n) is 2.77. The predicted molar refractivity (Wildman–Crippen MR) is 81.9 cm³/mol. The van der Waals surface area contributed by atoms with Gasteiger partial charge < -0.3 is 9.84 Å². The van der Waals surface area contributed by atoms with Crippen molar-refractivity contribution in [1.82, 2.24) is 0 Å². The molecular formula is C15H13IO3. The van der Waals surface area contributed by atoms with Gasteiger partial charge in [0.15, 0.2) is 5.78 Å². The van der Waals surface area contributed by atoms with E-state index in [0.29, 0.717) is 17.7 Å². The van der Waals surface area contributed by atoms with Crippen molar-refractivity contribution >= 4 is 28.4 Å². The molecule has 0 saturated heterocycles. The van der Waals surface area contributed by atoms with E-state index in [4.69, 9.17) is 4.74 Å². The third kappa shape index (κ3) is 3.47. The minimum Gasteiger partial charge on any atom is -0.508 e. The Labute approximate surface area is 125 Å². The van der Waals surface area contributed by atoms with E-state index in [1.807, 2.05) is 6.07 Å². The van der Waals surface area contributed by atoms with Crippen LogP contribution >= 0.6 is 22.6 Å². The Morgan fingerprint density at radius 3 is 2.53 bits per heavy atom. The zero-order valence-electron chi connectivity index (χ0n) is 10.4. The SMILES string of the molecule is COc1cc(C(=O)Cc2ccc(O)cc2)ccc1I. The first kappa shape index (κ1) is 13.9. The van der Waals surface area contributed by atoms with Crippen LogP contribution in [0.4, 0.5) is 0 Å². The maximum atomic E-state index is 12.2. The van der Waals surface area contributed by atoms with Gasteiger partial charge in [0, 0.05) is 12.0 Å². The number of benzene rings is 2. The van der Waals surface area contributed by atoms with Crippen molar-refractivity contribution in [2.75, 3.05) is 7.11 Å². The van der Waals surface area contributed by atoms with Crippen molar-refractivity contribution in [3.8, 4) is 11.5 Å². The summed E-state index contributed by atoms with van der Waals surface area (Å²) in [6, 6.07) is 12.1. The summed E-state index contributed by atoms with van der Waals surface area (Å²) in [6.45, 7) is 0. The van der Waals surface area contributed by atoms with Crippen LogP contribution in [0.2, 0.25) is 0 Å². The van der Waals surface area contributed by atoms with E-state index in [1.54, 1.807) is 43.5 Å². The first-order chi connectivity index (χ1) is 9.10. The van der Waals surface area contributed by atoms with Crippen molar-refractivity contribution in [2.24, 2.45) is 0 Å². The minimum atomic E-state index is 0.0281. The van der Waals surface area contributed by atoms with E-state index >= 15 is 0 Å². The second kappa shape index (κ2) is 6.06. The van der Waals surface area contributed by atoms with E-state index < -0.39 is 0 Å². The molecule has 1 N–H and O–H groups in total. The van der Waals surface area contributed by atoms with Crippen LogP contribution in [0.25, 0.3) is 0 Å². The largest absolute Gasteiger partial charge is 0.508 e. The Hall–Kier alpha value is -1.56. The van der Waals surface area contributed by atoms with E-state index in [0.717, 1.165) is 9.13 Å². The van der Waals surface area contributed by atoms with Crippen LogP contribution in [0.15, 0.2) is 42.5 Å². The maximum absolute atomic E-state index is 12.2. The highest BCUT2D eigenvalue weighted by atomic mass is 127. The molecular weight excluding hydrogens is 355 g/mol. The molecule has 2 aromatic rings. The molecule has 0 aliphatic rings. The molecule has 0 heterocycles. The highest BCUT2D eigenvalue weighted by molar-refractivity contribution is 14.1. The van der Waals surface area contributed by atoms with Gasteiger partial charge in [-0.15, -0.1) is 0 Å². The molecule has 98 valence electrons. The van der Waals surface area contributed by atoms with Crippen LogP contribution in [0.5, 0.6) is 11.5 Å². The van der Waals surface area contributed by atoms with Gasteiger partial charge in [-0.3, -0.25) is 4.79 Å². The van der Waals surface area contributed by atoms with Crippen LogP contribution in [-0.2, 0) is 6.42 Å². The Balaban J connectivity index is 2.18. The number of Topliss-reactive ketones (excluding diaryl/α,β-unsaturated/α-hetero) is 1. The molecule has 2 rings (SSSR count). The number of hydrogen-bond donors (Lipinski definition) is 1. The van der Waals surface area contributed by atoms with Crippen molar-refractivity contribution in [2.45, 2.75) is 6.42 Å². The van der Waals surface area contributed by atoms with Gasteiger partial charge in [-0.25, -0.2) is 0 Å². The molecule has 19 heavy (non-hydrogen) atoms. The Kier molecular flexibility index (Phi) is 4.42. The smallest absolute Gasteiger partial charge is 0.167 e. The molecule has 0 aliphatic carbocycles. The van der Waals surface area contributed by atoms with Gasteiger partial charge in [-0.05, 0) is 52.4 Å². The Morgan fingerprint density at radius 1 is 1.21 bits per heavy atom. The lowest BCUT2D eigenvalue weighted by molar-refractivity contribution is 0.0992. The fraction of sp³-hybridized carbons (Fsp3) is 0.133. The zero-order valence-corrected chi connectivity index (χ0v) is 12.5. The summed E-state index contributed by atoms with van der Waals surface area (Å²) in [6.07, 6.45) is 0.310. The minimum absolute atomic E-state index is 0.0281.